The van der Waals surface area contributed by atoms with Gasteiger partial charge in [0.25, 0.3) is 5.56 Å². The van der Waals surface area contributed by atoms with Gasteiger partial charge in [0.2, 0.25) is 0 Å². The van der Waals surface area contributed by atoms with E-state index in [4.69, 9.17) is 4.74 Å². The van der Waals surface area contributed by atoms with Gasteiger partial charge < -0.3 is 18.8 Å². The Hall–Kier alpha value is -3.02. The monoisotopic (exact) mass is 477 g/mol. The highest BCUT2D eigenvalue weighted by molar-refractivity contribution is 5.93. The number of nitrogens with zero attached hydrogens (tertiary/aromatic N) is 3. The van der Waals surface area contributed by atoms with Crippen LogP contribution in [0.15, 0.2) is 35.3 Å². The van der Waals surface area contributed by atoms with E-state index in [-0.39, 0.29) is 11.7 Å². The molecule has 188 valence electrons. The number of piperidine rings is 1. The normalized spacial score (nSPS) is 15.3. The van der Waals surface area contributed by atoms with Crippen molar-refractivity contribution in [2.24, 2.45) is 14.1 Å². The molecule has 1 amide bonds. The lowest BCUT2D eigenvalue weighted by atomic mass is 9.87. The molecular weight excluding hydrogens is 438 g/mol. The third-order valence-corrected chi connectivity index (χ3v) is 7.09. The van der Waals surface area contributed by atoms with Gasteiger partial charge in [-0.15, -0.1) is 0 Å². The summed E-state index contributed by atoms with van der Waals surface area (Å²) in [5.41, 5.74) is 6.41. The molecule has 0 saturated carbocycles. The molecule has 3 aromatic rings. The number of pyridine rings is 1. The number of likely N-dealkylation sites (tertiary alicyclic amines) is 1. The van der Waals surface area contributed by atoms with Crippen LogP contribution in [-0.2, 0) is 18.8 Å². The number of amides is 1. The molecule has 1 aliphatic heterocycles. The van der Waals surface area contributed by atoms with Crippen LogP contribution in [0.4, 0.5) is 4.79 Å². The number of hydrogen-bond donors (Lipinski definition) is 0. The molecule has 6 nitrogen and oxygen atoms in total. The molecule has 0 aliphatic carbocycles. The van der Waals surface area contributed by atoms with Gasteiger partial charge >= 0.3 is 6.09 Å². The summed E-state index contributed by atoms with van der Waals surface area (Å²) in [5.74, 6) is 0.747. The van der Waals surface area contributed by atoms with Crippen LogP contribution in [-0.4, -0.2) is 38.8 Å². The van der Waals surface area contributed by atoms with E-state index < -0.39 is 5.60 Å². The lowest BCUT2D eigenvalue weighted by molar-refractivity contribution is 0.0205. The quantitative estimate of drug-likeness (QED) is 0.459. The summed E-state index contributed by atoms with van der Waals surface area (Å²) >= 11 is 0. The zero-order valence-corrected chi connectivity index (χ0v) is 22.4. The Bertz CT molecular complexity index is 1290. The number of aromatic nitrogens is 2. The van der Waals surface area contributed by atoms with E-state index in [1.807, 2.05) is 51.9 Å². The van der Waals surface area contributed by atoms with Crippen molar-refractivity contribution >= 4 is 17.0 Å². The van der Waals surface area contributed by atoms with Gasteiger partial charge in [-0.25, -0.2) is 4.79 Å². The van der Waals surface area contributed by atoms with Crippen LogP contribution in [0.3, 0.4) is 0 Å². The average molecular weight is 478 g/mol. The van der Waals surface area contributed by atoms with Crippen molar-refractivity contribution in [2.75, 3.05) is 13.1 Å². The molecule has 1 aliphatic rings. The fraction of sp³-hybridized carbons (Fsp3) is 0.517. The molecule has 0 radical (unpaired) electrons. The summed E-state index contributed by atoms with van der Waals surface area (Å²) in [4.78, 5) is 26.6. The van der Waals surface area contributed by atoms with Gasteiger partial charge in [0.05, 0.1) is 5.69 Å². The molecule has 1 fully saturated rings. The number of carbonyl (C=O) groups excluding carboxylic acids is 1. The fourth-order valence-electron chi connectivity index (χ4n) is 5.41. The first kappa shape index (κ1) is 25.1. The highest BCUT2D eigenvalue weighted by Crippen LogP contribution is 2.40. The Labute approximate surface area is 208 Å². The molecule has 6 heteroatoms. The van der Waals surface area contributed by atoms with Crippen LogP contribution < -0.4 is 5.56 Å². The van der Waals surface area contributed by atoms with Crippen LogP contribution in [0.25, 0.3) is 22.2 Å². The van der Waals surface area contributed by atoms with Crippen LogP contribution >= 0.6 is 0 Å². The molecule has 1 saturated heterocycles. The molecule has 1 aromatic carbocycles. The molecule has 0 spiro atoms. The number of aryl methyl sites for hydroxylation is 3. The van der Waals surface area contributed by atoms with Crippen molar-refractivity contribution in [1.82, 2.24) is 14.0 Å². The van der Waals surface area contributed by atoms with E-state index in [0.29, 0.717) is 24.9 Å². The predicted molar refractivity (Wildman–Crippen MR) is 142 cm³/mol. The summed E-state index contributed by atoms with van der Waals surface area (Å²) in [7, 11) is 3.93. The van der Waals surface area contributed by atoms with Gasteiger partial charge in [0.1, 0.15) is 5.60 Å². The molecule has 0 bridgehead atoms. The van der Waals surface area contributed by atoms with E-state index in [0.717, 1.165) is 24.0 Å². The second kappa shape index (κ2) is 9.21. The first-order valence-electron chi connectivity index (χ1n) is 12.6. The first-order valence-corrected chi connectivity index (χ1v) is 12.6. The standard InChI is InChI=1S/C29H39N3O3/c1-18(2)25-23-16-21(20-11-13-32(14-12-20)28(34)35-29(4,5)6)9-10-24(23)31(8)26(25)22-15-19(3)27(33)30(7)17-22/h9-10,15-18,20H,11-14H2,1-8H3. The Kier molecular flexibility index (Phi) is 6.60. The highest BCUT2D eigenvalue weighted by atomic mass is 16.6. The largest absolute Gasteiger partial charge is 0.444 e. The number of ether oxygens (including phenoxy) is 1. The second-order valence-electron chi connectivity index (χ2n) is 11.3. The molecular formula is C29H39N3O3. The lowest BCUT2D eigenvalue weighted by Crippen LogP contribution is -2.41. The maximum absolute atomic E-state index is 12.5. The SMILES string of the molecule is Cc1cc(-c2c(C(C)C)c3cc(C4CCN(C(=O)OC(C)(C)C)CC4)ccc3n2C)cn(C)c1=O. The van der Waals surface area contributed by atoms with E-state index >= 15 is 0 Å². The zero-order chi connectivity index (χ0) is 25.7. The Morgan fingerprint density at radius 3 is 2.31 bits per heavy atom. The van der Waals surface area contributed by atoms with Crippen molar-refractivity contribution in [3.63, 3.8) is 0 Å². The molecule has 35 heavy (non-hydrogen) atoms. The molecule has 0 unspecified atom stereocenters. The number of fused-ring (bicyclic) bond motifs is 1. The molecule has 0 atom stereocenters. The van der Waals surface area contributed by atoms with Gasteiger partial charge in [-0.2, -0.15) is 0 Å². The Morgan fingerprint density at radius 2 is 1.74 bits per heavy atom. The summed E-state index contributed by atoms with van der Waals surface area (Å²) in [6.45, 7) is 13.5. The summed E-state index contributed by atoms with van der Waals surface area (Å²) < 4.78 is 9.50. The maximum atomic E-state index is 12.5. The number of rotatable bonds is 3. The average Bonchev–Trinajstić information content (AvgIpc) is 3.08. The first-order chi connectivity index (χ1) is 16.4. The van der Waals surface area contributed by atoms with E-state index in [1.54, 1.807) is 4.57 Å². The molecule has 4 rings (SSSR count). The molecule has 0 N–H and O–H groups in total. The number of carbonyl (C=O) groups is 1. The van der Waals surface area contributed by atoms with Crippen molar-refractivity contribution in [2.45, 2.75) is 71.8 Å². The number of hydrogen-bond acceptors (Lipinski definition) is 3. The maximum Gasteiger partial charge on any atom is 0.410 e. The molecule has 2 aromatic heterocycles. The van der Waals surface area contributed by atoms with E-state index in [2.05, 4.69) is 43.7 Å². The minimum atomic E-state index is -0.471. The minimum absolute atomic E-state index is 0.0404. The third kappa shape index (κ3) is 4.89. The summed E-state index contributed by atoms with van der Waals surface area (Å²) in [6, 6.07) is 8.84. The predicted octanol–water partition coefficient (Wildman–Crippen LogP) is 6.09. The molecule has 3 heterocycles. The van der Waals surface area contributed by atoms with E-state index in [1.165, 1.54) is 27.7 Å². The summed E-state index contributed by atoms with van der Waals surface area (Å²) in [5, 5.41) is 1.27. The van der Waals surface area contributed by atoms with Crippen LogP contribution in [0.5, 0.6) is 0 Å². The van der Waals surface area contributed by atoms with Gasteiger partial charge in [-0.05, 0) is 81.7 Å². The Balaban J connectivity index is 1.68. The lowest BCUT2D eigenvalue weighted by Gasteiger charge is -2.33. The zero-order valence-electron chi connectivity index (χ0n) is 22.4. The third-order valence-electron chi connectivity index (χ3n) is 7.09. The second-order valence-corrected chi connectivity index (χ2v) is 11.3. The fourth-order valence-corrected chi connectivity index (χ4v) is 5.41. The van der Waals surface area contributed by atoms with Crippen molar-refractivity contribution in [1.29, 1.82) is 0 Å². The van der Waals surface area contributed by atoms with Crippen LogP contribution in [0, 0.1) is 6.92 Å². The van der Waals surface area contributed by atoms with Crippen molar-refractivity contribution in [3.8, 4) is 11.3 Å². The van der Waals surface area contributed by atoms with Crippen LogP contribution in [0.1, 0.15) is 76.0 Å². The summed E-state index contributed by atoms with van der Waals surface area (Å²) in [6.07, 6.45) is 3.60. The number of benzene rings is 1. The van der Waals surface area contributed by atoms with Gasteiger partial charge in [-0.3, -0.25) is 4.79 Å². The topological polar surface area (TPSA) is 56.5 Å². The minimum Gasteiger partial charge on any atom is -0.444 e. The Morgan fingerprint density at radius 1 is 1.09 bits per heavy atom. The van der Waals surface area contributed by atoms with E-state index in [9.17, 15) is 9.59 Å². The van der Waals surface area contributed by atoms with Gasteiger partial charge in [0, 0.05) is 55.4 Å². The van der Waals surface area contributed by atoms with Crippen LogP contribution in [0.2, 0.25) is 0 Å². The highest BCUT2D eigenvalue weighted by Gasteiger charge is 2.28. The smallest absolute Gasteiger partial charge is 0.410 e. The van der Waals surface area contributed by atoms with Crippen molar-refractivity contribution in [3.05, 3.63) is 57.5 Å². The van der Waals surface area contributed by atoms with Gasteiger partial charge in [0.15, 0.2) is 0 Å². The van der Waals surface area contributed by atoms with Crippen molar-refractivity contribution < 1.29 is 9.53 Å². The van der Waals surface area contributed by atoms with Gasteiger partial charge in [-0.1, -0.05) is 19.9 Å².